The van der Waals surface area contributed by atoms with Crippen LogP contribution in [0.2, 0.25) is 0 Å². The van der Waals surface area contributed by atoms with Crippen molar-refractivity contribution < 1.29 is 14.3 Å². The molecule has 0 amide bonds. The maximum Gasteiger partial charge on any atom is 0.307 e. The molecule has 4 nitrogen and oxygen atoms in total. The minimum absolute atomic E-state index is 0.224. The monoisotopic (exact) mass is 251 g/mol. The SMILES string of the molecule is CCCCC(=O)O[C@@H](N)Cc1ccc(OC)cc1. The van der Waals surface area contributed by atoms with Crippen molar-refractivity contribution in [2.75, 3.05) is 7.11 Å². The largest absolute Gasteiger partial charge is 0.497 e. The molecule has 0 aromatic heterocycles. The predicted octanol–water partition coefficient (Wildman–Crippen LogP) is 2.26. The van der Waals surface area contributed by atoms with Gasteiger partial charge in [0.2, 0.25) is 0 Å². The van der Waals surface area contributed by atoms with Gasteiger partial charge >= 0.3 is 5.97 Å². The number of methoxy groups -OCH3 is 1. The lowest BCUT2D eigenvalue weighted by Crippen LogP contribution is -2.29. The Labute approximate surface area is 108 Å². The molecule has 1 aromatic rings. The van der Waals surface area contributed by atoms with E-state index >= 15 is 0 Å². The van der Waals surface area contributed by atoms with E-state index in [0.29, 0.717) is 12.8 Å². The standard InChI is InChI=1S/C14H21NO3/c1-3-4-5-14(16)18-13(15)10-11-6-8-12(17-2)9-7-11/h6-9,13H,3-5,10,15H2,1-2H3/t13-/m1/s1. The van der Waals surface area contributed by atoms with Crippen LogP contribution >= 0.6 is 0 Å². The summed E-state index contributed by atoms with van der Waals surface area (Å²) < 4.78 is 10.2. The second-order valence-corrected chi connectivity index (χ2v) is 4.18. The summed E-state index contributed by atoms with van der Waals surface area (Å²) >= 11 is 0. The summed E-state index contributed by atoms with van der Waals surface area (Å²) in [6.07, 6.45) is 2.19. The zero-order valence-electron chi connectivity index (χ0n) is 11.0. The van der Waals surface area contributed by atoms with Crippen molar-refractivity contribution in [3.8, 4) is 5.75 Å². The number of rotatable bonds is 7. The van der Waals surface area contributed by atoms with E-state index < -0.39 is 6.23 Å². The number of unbranched alkanes of at least 4 members (excludes halogenated alkanes) is 1. The van der Waals surface area contributed by atoms with Gasteiger partial charge in [0.25, 0.3) is 0 Å². The Morgan fingerprint density at radius 3 is 2.56 bits per heavy atom. The average molecular weight is 251 g/mol. The second kappa shape index (κ2) is 7.71. The van der Waals surface area contributed by atoms with Gasteiger partial charge in [-0.3, -0.25) is 10.5 Å². The zero-order chi connectivity index (χ0) is 13.4. The minimum Gasteiger partial charge on any atom is -0.497 e. The Bertz CT molecular complexity index is 362. The molecule has 0 aliphatic heterocycles. The number of ether oxygens (including phenoxy) is 2. The van der Waals surface area contributed by atoms with Crippen LogP contribution in [0.1, 0.15) is 31.7 Å². The molecular formula is C14H21NO3. The quantitative estimate of drug-likeness (QED) is 0.596. The smallest absolute Gasteiger partial charge is 0.307 e. The number of hydrogen-bond donors (Lipinski definition) is 1. The molecule has 0 saturated heterocycles. The van der Waals surface area contributed by atoms with Gasteiger partial charge in [-0.15, -0.1) is 0 Å². The third-order valence-electron chi connectivity index (χ3n) is 2.61. The van der Waals surface area contributed by atoms with Crippen LogP contribution < -0.4 is 10.5 Å². The van der Waals surface area contributed by atoms with E-state index in [9.17, 15) is 4.79 Å². The summed E-state index contributed by atoms with van der Waals surface area (Å²) in [6.45, 7) is 2.03. The molecule has 0 heterocycles. The zero-order valence-corrected chi connectivity index (χ0v) is 11.0. The number of hydrogen-bond acceptors (Lipinski definition) is 4. The molecule has 0 aliphatic rings. The lowest BCUT2D eigenvalue weighted by molar-refractivity contribution is -0.148. The first kappa shape index (κ1) is 14.5. The first-order chi connectivity index (χ1) is 8.65. The highest BCUT2D eigenvalue weighted by molar-refractivity contribution is 5.69. The number of carbonyl (C=O) groups is 1. The van der Waals surface area contributed by atoms with Crippen LogP contribution in [0.4, 0.5) is 0 Å². The van der Waals surface area contributed by atoms with Crippen LogP contribution in [0, 0.1) is 0 Å². The molecule has 0 fully saturated rings. The highest BCUT2D eigenvalue weighted by Crippen LogP contribution is 2.12. The van der Waals surface area contributed by atoms with E-state index in [2.05, 4.69) is 0 Å². The first-order valence-electron chi connectivity index (χ1n) is 6.23. The molecule has 0 spiro atoms. The number of carbonyl (C=O) groups excluding carboxylic acids is 1. The highest BCUT2D eigenvalue weighted by Gasteiger charge is 2.10. The fraction of sp³-hybridized carbons (Fsp3) is 0.500. The Hall–Kier alpha value is -1.55. The van der Waals surface area contributed by atoms with Gasteiger partial charge in [-0.1, -0.05) is 25.5 Å². The third-order valence-corrected chi connectivity index (χ3v) is 2.61. The fourth-order valence-electron chi connectivity index (χ4n) is 1.58. The van der Waals surface area contributed by atoms with E-state index in [-0.39, 0.29) is 5.97 Å². The molecule has 0 unspecified atom stereocenters. The van der Waals surface area contributed by atoms with Crippen molar-refractivity contribution in [2.24, 2.45) is 5.73 Å². The maximum absolute atomic E-state index is 11.4. The fourth-order valence-corrected chi connectivity index (χ4v) is 1.58. The molecule has 18 heavy (non-hydrogen) atoms. The molecular weight excluding hydrogens is 230 g/mol. The second-order valence-electron chi connectivity index (χ2n) is 4.18. The summed E-state index contributed by atoms with van der Waals surface area (Å²) in [4.78, 5) is 11.4. The first-order valence-corrected chi connectivity index (χ1v) is 6.23. The third kappa shape index (κ3) is 5.19. The van der Waals surface area contributed by atoms with Crippen molar-refractivity contribution in [1.82, 2.24) is 0 Å². The van der Waals surface area contributed by atoms with E-state index in [1.165, 1.54) is 0 Å². The molecule has 100 valence electrons. The molecule has 1 rings (SSSR count). The van der Waals surface area contributed by atoms with Crippen LogP contribution in [0.3, 0.4) is 0 Å². The van der Waals surface area contributed by atoms with Gasteiger partial charge in [-0.25, -0.2) is 0 Å². The minimum atomic E-state index is -0.581. The summed E-state index contributed by atoms with van der Waals surface area (Å²) in [7, 11) is 1.62. The van der Waals surface area contributed by atoms with Crippen molar-refractivity contribution in [3.63, 3.8) is 0 Å². The van der Waals surface area contributed by atoms with E-state index in [4.69, 9.17) is 15.2 Å². The predicted molar refractivity (Wildman–Crippen MR) is 70.3 cm³/mol. The molecule has 0 radical (unpaired) electrons. The Kier molecular flexibility index (Phi) is 6.22. The van der Waals surface area contributed by atoms with Gasteiger partial charge in [0.15, 0.2) is 6.23 Å². The molecule has 0 aliphatic carbocycles. The van der Waals surface area contributed by atoms with Gasteiger partial charge in [-0.2, -0.15) is 0 Å². The van der Waals surface area contributed by atoms with Gasteiger partial charge in [0, 0.05) is 12.8 Å². The Morgan fingerprint density at radius 1 is 1.33 bits per heavy atom. The van der Waals surface area contributed by atoms with Gasteiger partial charge in [-0.05, 0) is 24.1 Å². The average Bonchev–Trinajstić information content (AvgIpc) is 2.37. The van der Waals surface area contributed by atoms with Gasteiger partial charge in [0.05, 0.1) is 7.11 Å². The lowest BCUT2D eigenvalue weighted by atomic mass is 10.1. The van der Waals surface area contributed by atoms with Crippen molar-refractivity contribution in [2.45, 2.75) is 38.8 Å². The van der Waals surface area contributed by atoms with Gasteiger partial charge in [0.1, 0.15) is 5.75 Å². The molecule has 1 atom stereocenters. The summed E-state index contributed by atoms with van der Waals surface area (Å²) in [6, 6.07) is 7.55. The Morgan fingerprint density at radius 2 is 2.00 bits per heavy atom. The van der Waals surface area contributed by atoms with Crippen LogP contribution in [-0.4, -0.2) is 19.3 Å². The summed E-state index contributed by atoms with van der Waals surface area (Å²) in [5, 5.41) is 0. The van der Waals surface area contributed by atoms with Crippen molar-refractivity contribution in [3.05, 3.63) is 29.8 Å². The van der Waals surface area contributed by atoms with Crippen molar-refractivity contribution >= 4 is 5.97 Å². The maximum atomic E-state index is 11.4. The molecule has 0 saturated carbocycles. The van der Waals surface area contributed by atoms with Crippen LogP contribution in [0.15, 0.2) is 24.3 Å². The van der Waals surface area contributed by atoms with Crippen molar-refractivity contribution in [1.29, 1.82) is 0 Å². The highest BCUT2D eigenvalue weighted by atomic mass is 16.6. The summed E-state index contributed by atoms with van der Waals surface area (Å²) in [5.41, 5.74) is 6.79. The molecule has 4 heteroatoms. The molecule has 1 aromatic carbocycles. The van der Waals surface area contributed by atoms with E-state index in [1.807, 2.05) is 31.2 Å². The summed E-state index contributed by atoms with van der Waals surface area (Å²) in [5.74, 6) is 0.574. The van der Waals surface area contributed by atoms with E-state index in [0.717, 1.165) is 24.2 Å². The number of esters is 1. The number of nitrogens with two attached hydrogens (primary N) is 1. The Balaban J connectivity index is 2.38. The molecule has 0 bridgehead atoms. The van der Waals surface area contributed by atoms with Crippen LogP contribution in [0.5, 0.6) is 5.75 Å². The van der Waals surface area contributed by atoms with Gasteiger partial charge < -0.3 is 9.47 Å². The molecule has 2 N–H and O–H groups in total. The normalized spacial score (nSPS) is 11.9. The van der Waals surface area contributed by atoms with E-state index in [1.54, 1.807) is 7.11 Å². The lowest BCUT2D eigenvalue weighted by Gasteiger charge is -2.13. The van der Waals surface area contributed by atoms with Crippen LogP contribution in [-0.2, 0) is 16.0 Å². The number of benzene rings is 1. The topological polar surface area (TPSA) is 61.5 Å². The van der Waals surface area contributed by atoms with Crippen LogP contribution in [0.25, 0.3) is 0 Å².